The summed E-state index contributed by atoms with van der Waals surface area (Å²) in [5.41, 5.74) is 10.6. The summed E-state index contributed by atoms with van der Waals surface area (Å²) in [5, 5.41) is 17.5. The minimum Gasteiger partial charge on any atom is -0.484 e. The van der Waals surface area contributed by atoms with Crippen LogP contribution in [0.5, 0.6) is 5.75 Å². The predicted octanol–water partition coefficient (Wildman–Crippen LogP) is 5.51. The number of benzene rings is 1. The summed E-state index contributed by atoms with van der Waals surface area (Å²) in [7, 11) is 0.245. The highest BCUT2D eigenvalue weighted by atomic mass is 28.4. The number of fused-ring (bicyclic) bond motifs is 1. The molecule has 1 aromatic carbocycles. The Balaban J connectivity index is 1.43. The monoisotopic (exact) mass is 580 g/mol. The molecule has 1 unspecified atom stereocenters. The predicted molar refractivity (Wildman–Crippen MR) is 169 cm³/mol. The topological polar surface area (TPSA) is 104 Å². The first-order chi connectivity index (χ1) is 19.4. The van der Waals surface area contributed by atoms with Crippen molar-refractivity contribution >= 4 is 14.2 Å². The van der Waals surface area contributed by atoms with Crippen molar-refractivity contribution in [1.82, 2.24) is 14.4 Å². The van der Waals surface area contributed by atoms with Gasteiger partial charge in [-0.2, -0.15) is 0 Å². The van der Waals surface area contributed by atoms with Gasteiger partial charge in [-0.05, 0) is 59.8 Å². The van der Waals surface area contributed by atoms with Crippen LogP contribution in [0.4, 0.5) is 0 Å². The van der Waals surface area contributed by atoms with Crippen molar-refractivity contribution in [1.29, 1.82) is 10.8 Å². The van der Waals surface area contributed by atoms with Crippen LogP contribution in [-0.2, 0) is 4.43 Å². The van der Waals surface area contributed by atoms with Gasteiger partial charge in [0.2, 0.25) is 0 Å². The van der Waals surface area contributed by atoms with E-state index in [-0.39, 0.29) is 23.7 Å². The Kier molecular flexibility index (Phi) is 10.3. The highest BCUT2D eigenvalue weighted by Gasteiger charge is 2.45. The first kappa shape index (κ1) is 31.6. The maximum absolute atomic E-state index is 8.94. The van der Waals surface area contributed by atoms with Crippen LogP contribution in [0, 0.1) is 10.8 Å². The highest BCUT2D eigenvalue weighted by molar-refractivity contribution is 6.77. The van der Waals surface area contributed by atoms with Crippen LogP contribution in [0.1, 0.15) is 77.7 Å². The quantitative estimate of drug-likeness (QED) is 0.195. The van der Waals surface area contributed by atoms with Crippen molar-refractivity contribution in [2.75, 3.05) is 39.8 Å². The summed E-state index contributed by atoms with van der Waals surface area (Å²) in [4.78, 5) is 4.74. The van der Waals surface area contributed by atoms with Crippen LogP contribution in [0.25, 0.3) is 0 Å². The van der Waals surface area contributed by atoms with Crippen molar-refractivity contribution in [2.24, 2.45) is 5.73 Å². The Hall–Kier alpha value is -2.30. The Labute approximate surface area is 248 Å². The lowest BCUT2D eigenvalue weighted by molar-refractivity contribution is 0.0667. The van der Waals surface area contributed by atoms with Crippen LogP contribution in [0.15, 0.2) is 42.6 Å². The molecule has 4 N–H and O–H groups in total. The van der Waals surface area contributed by atoms with Crippen molar-refractivity contribution < 1.29 is 9.16 Å². The van der Waals surface area contributed by atoms with Gasteiger partial charge in [-0.3, -0.25) is 25.2 Å². The molecule has 0 saturated carbocycles. The fourth-order valence-corrected chi connectivity index (χ4v) is 12.7. The second-order valence-electron chi connectivity index (χ2n) is 13.0. The first-order valence-corrected chi connectivity index (χ1v) is 17.5. The number of nitrogens with two attached hydrogens (primary N) is 1. The number of hydrogen-bond donors (Lipinski definition) is 3. The average Bonchev–Trinajstić information content (AvgIpc) is 2.92. The van der Waals surface area contributed by atoms with Gasteiger partial charge in [0.25, 0.3) is 0 Å². The number of pyridine rings is 1. The number of likely N-dealkylation sites (N-methyl/N-ethyl adjacent to an activating group) is 1. The van der Waals surface area contributed by atoms with Crippen molar-refractivity contribution in [3.8, 4) is 5.75 Å². The van der Waals surface area contributed by atoms with E-state index < -0.39 is 8.32 Å². The van der Waals surface area contributed by atoms with E-state index in [0.717, 1.165) is 50.2 Å². The van der Waals surface area contributed by atoms with Crippen molar-refractivity contribution in [3.63, 3.8) is 0 Å². The number of rotatable bonds is 10. The van der Waals surface area contributed by atoms with Crippen molar-refractivity contribution in [3.05, 3.63) is 59.2 Å². The standard InChI is InChI=1S/C32H52N6O2Si/c1-22(2)41(23(3)4,24(5)6)39-21-25-18-37(17-16-36(25)7)20-32(35)38-19-26(12-15-31(38)34)40-30-14-13-29(33)27-10-8-9-11-28(27)30/h8-12,15,19,22-25,29-30,34-35H,13-14,16-18,20-21,33H2,1-7H3/t25?,29-,30+/m0/s1. The number of aromatic nitrogens is 1. The number of piperazine rings is 1. The molecule has 2 aromatic rings. The van der Waals surface area contributed by atoms with Crippen LogP contribution in [0.2, 0.25) is 16.6 Å². The third kappa shape index (κ3) is 6.86. The zero-order valence-electron chi connectivity index (χ0n) is 26.2. The lowest BCUT2D eigenvalue weighted by Gasteiger charge is -2.45. The SMILES string of the molecule is CC(C)[Si](OCC1CN(CC(=N)n2cc(O[C@@H]3CC[C@H](N)c4ccccc43)ccc2=N)CCN1C)(C(C)C)C(C)C. The minimum absolute atomic E-state index is 0.0393. The Morgan fingerprint density at radius 3 is 2.29 bits per heavy atom. The zero-order valence-corrected chi connectivity index (χ0v) is 27.2. The molecule has 4 rings (SSSR count). The number of hydrogen-bond acceptors (Lipinski definition) is 7. The molecule has 8 nitrogen and oxygen atoms in total. The van der Waals surface area contributed by atoms with Crippen LogP contribution in [-0.4, -0.2) is 74.4 Å². The molecule has 0 radical (unpaired) electrons. The van der Waals surface area contributed by atoms with Gasteiger partial charge in [-0.1, -0.05) is 65.8 Å². The van der Waals surface area contributed by atoms with E-state index in [1.807, 2.05) is 18.2 Å². The fourth-order valence-electron chi connectivity index (χ4n) is 7.21. The summed E-state index contributed by atoms with van der Waals surface area (Å²) in [6, 6.07) is 12.1. The summed E-state index contributed by atoms with van der Waals surface area (Å²) < 4.78 is 15.0. The van der Waals surface area contributed by atoms with Gasteiger partial charge in [0.15, 0.2) is 8.32 Å². The van der Waals surface area contributed by atoms with Crippen LogP contribution >= 0.6 is 0 Å². The maximum atomic E-state index is 8.94. The molecule has 9 heteroatoms. The molecule has 0 spiro atoms. The minimum atomic E-state index is -1.94. The number of nitrogens with one attached hydrogen (secondary N) is 2. The maximum Gasteiger partial charge on any atom is 0.200 e. The van der Waals surface area contributed by atoms with Gasteiger partial charge in [0, 0.05) is 31.7 Å². The molecule has 41 heavy (non-hydrogen) atoms. The summed E-state index contributed by atoms with van der Waals surface area (Å²) in [5.74, 6) is 1.05. The van der Waals surface area contributed by atoms with E-state index in [1.165, 1.54) is 0 Å². The van der Waals surface area contributed by atoms with E-state index in [0.29, 0.717) is 34.8 Å². The lowest BCUT2D eigenvalue weighted by Crippen LogP contribution is -2.57. The molecule has 1 aliphatic heterocycles. The largest absolute Gasteiger partial charge is 0.484 e. The lowest BCUT2D eigenvalue weighted by atomic mass is 9.86. The Morgan fingerprint density at radius 1 is 0.976 bits per heavy atom. The first-order valence-electron chi connectivity index (χ1n) is 15.4. The van der Waals surface area contributed by atoms with E-state index in [9.17, 15) is 0 Å². The zero-order chi connectivity index (χ0) is 29.9. The summed E-state index contributed by atoms with van der Waals surface area (Å²) in [6.45, 7) is 17.9. The summed E-state index contributed by atoms with van der Waals surface area (Å²) >= 11 is 0. The molecule has 1 saturated heterocycles. The number of ether oxygens (including phenoxy) is 1. The molecule has 226 valence electrons. The molecule has 3 atom stereocenters. The molecular formula is C32H52N6O2Si. The fraction of sp³-hybridized carbons (Fsp3) is 0.625. The molecular weight excluding hydrogens is 528 g/mol. The molecule has 2 heterocycles. The highest BCUT2D eigenvalue weighted by Crippen LogP contribution is 2.42. The van der Waals surface area contributed by atoms with Gasteiger partial charge in [0.1, 0.15) is 23.2 Å². The van der Waals surface area contributed by atoms with Gasteiger partial charge >= 0.3 is 0 Å². The third-order valence-corrected chi connectivity index (χ3v) is 15.5. The second kappa shape index (κ2) is 13.3. The molecule has 0 amide bonds. The third-order valence-electron chi connectivity index (χ3n) is 9.44. The van der Waals surface area contributed by atoms with E-state index in [1.54, 1.807) is 16.8 Å². The van der Waals surface area contributed by atoms with E-state index in [2.05, 4.69) is 70.5 Å². The Morgan fingerprint density at radius 2 is 1.63 bits per heavy atom. The second-order valence-corrected chi connectivity index (χ2v) is 18.4. The molecule has 1 aliphatic carbocycles. The van der Waals surface area contributed by atoms with Gasteiger partial charge in [-0.15, -0.1) is 0 Å². The Bertz CT molecular complexity index is 1220. The van der Waals surface area contributed by atoms with Gasteiger partial charge in [-0.25, -0.2) is 0 Å². The molecule has 0 bridgehead atoms. The van der Waals surface area contributed by atoms with Crippen LogP contribution < -0.4 is 16.0 Å². The molecule has 2 aliphatic rings. The van der Waals surface area contributed by atoms with Gasteiger partial charge < -0.3 is 14.9 Å². The molecule has 1 fully saturated rings. The van der Waals surface area contributed by atoms with E-state index >= 15 is 0 Å². The summed E-state index contributed by atoms with van der Waals surface area (Å²) in [6.07, 6.45) is 3.43. The van der Waals surface area contributed by atoms with E-state index in [4.69, 9.17) is 25.7 Å². The van der Waals surface area contributed by atoms with Crippen LogP contribution in [0.3, 0.4) is 0 Å². The van der Waals surface area contributed by atoms with Crippen molar-refractivity contribution in [2.45, 2.75) is 89.2 Å². The van der Waals surface area contributed by atoms with Gasteiger partial charge in [0.05, 0.1) is 19.3 Å². The average molecular weight is 581 g/mol. The normalized spacial score (nSPS) is 22.4. The molecule has 1 aromatic heterocycles. The smallest absolute Gasteiger partial charge is 0.200 e. The number of nitrogens with zero attached hydrogens (tertiary/aromatic N) is 3.